The van der Waals surface area contributed by atoms with Crippen molar-refractivity contribution in [3.63, 3.8) is 0 Å². The first-order valence-corrected chi connectivity index (χ1v) is 10.8. The summed E-state index contributed by atoms with van der Waals surface area (Å²) in [7, 11) is 3.25. The number of nitrogens with one attached hydrogen (secondary N) is 2. The molecule has 1 atom stereocenters. The number of aromatic amines is 1. The standard InChI is InChI=1S/C27H28N2O4/c1-17-12-18(24-14-21(32-2)9-11-26(24)33-3)8-10-22(17)27(31)29-20(16-30)13-19-15-28-25-7-5-4-6-23(19)25/h4-12,14-15,20,28,30H,13,16H2,1-3H3,(H,29,31)/t20-/m1/s1. The van der Waals surface area contributed by atoms with Crippen LogP contribution in [0.25, 0.3) is 22.0 Å². The van der Waals surface area contributed by atoms with Crippen LogP contribution in [0, 0.1) is 6.92 Å². The maximum Gasteiger partial charge on any atom is 0.251 e. The number of aliphatic hydroxyl groups excluding tert-OH is 1. The summed E-state index contributed by atoms with van der Waals surface area (Å²) in [5, 5.41) is 14.0. The normalized spacial score (nSPS) is 11.9. The van der Waals surface area contributed by atoms with Crippen LogP contribution in [0.2, 0.25) is 0 Å². The van der Waals surface area contributed by atoms with Crippen LogP contribution in [0.15, 0.2) is 66.9 Å². The third-order valence-corrected chi connectivity index (χ3v) is 5.89. The molecule has 4 aromatic rings. The van der Waals surface area contributed by atoms with Gasteiger partial charge in [-0.2, -0.15) is 0 Å². The summed E-state index contributed by atoms with van der Waals surface area (Å²) >= 11 is 0. The van der Waals surface area contributed by atoms with Crippen molar-refractivity contribution in [3.05, 3.63) is 83.6 Å². The van der Waals surface area contributed by atoms with Gasteiger partial charge in [0.1, 0.15) is 11.5 Å². The average molecular weight is 445 g/mol. The van der Waals surface area contributed by atoms with Crippen molar-refractivity contribution in [3.8, 4) is 22.6 Å². The molecule has 6 nitrogen and oxygen atoms in total. The molecule has 0 saturated heterocycles. The molecule has 3 N–H and O–H groups in total. The summed E-state index contributed by atoms with van der Waals surface area (Å²) in [4.78, 5) is 16.3. The zero-order valence-corrected chi connectivity index (χ0v) is 19.0. The summed E-state index contributed by atoms with van der Waals surface area (Å²) in [6.45, 7) is 1.75. The predicted molar refractivity (Wildman–Crippen MR) is 130 cm³/mol. The van der Waals surface area contributed by atoms with Gasteiger partial charge in [0.15, 0.2) is 0 Å². The maximum absolute atomic E-state index is 13.0. The summed E-state index contributed by atoms with van der Waals surface area (Å²) in [5.74, 6) is 1.25. The Morgan fingerprint density at radius 2 is 1.88 bits per heavy atom. The molecule has 0 aliphatic rings. The first-order chi connectivity index (χ1) is 16.0. The Bertz CT molecular complexity index is 1280. The Kier molecular flexibility index (Phi) is 6.66. The minimum atomic E-state index is -0.394. The zero-order valence-electron chi connectivity index (χ0n) is 19.0. The largest absolute Gasteiger partial charge is 0.497 e. The van der Waals surface area contributed by atoms with Gasteiger partial charge in [-0.3, -0.25) is 4.79 Å². The van der Waals surface area contributed by atoms with E-state index in [2.05, 4.69) is 10.3 Å². The number of carbonyl (C=O) groups excluding carboxylic acids is 1. The van der Waals surface area contributed by atoms with Crippen molar-refractivity contribution in [1.29, 1.82) is 0 Å². The molecule has 1 aromatic heterocycles. The molecule has 0 spiro atoms. The fourth-order valence-electron chi connectivity index (χ4n) is 4.12. The van der Waals surface area contributed by atoms with Crippen LogP contribution in [0.1, 0.15) is 21.5 Å². The van der Waals surface area contributed by atoms with Gasteiger partial charge in [-0.25, -0.2) is 0 Å². The molecule has 3 aromatic carbocycles. The number of carbonyl (C=O) groups is 1. The first kappa shape index (κ1) is 22.4. The van der Waals surface area contributed by atoms with Gasteiger partial charge in [-0.1, -0.05) is 30.3 Å². The monoisotopic (exact) mass is 444 g/mol. The summed E-state index contributed by atoms with van der Waals surface area (Å²) in [5.41, 5.74) is 5.31. The van der Waals surface area contributed by atoms with Gasteiger partial charge in [0.2, 0.25) is 0 Å². The minimum absolute atomic E-state index is 0.149. The van der Waals surface area contributed by atoms with Crippen molar-refractivity contribution in [2.24, 2.45) is 0 Å². The second-order valence-corrected chi connectivity index (χ2v) is 8.01. The van der Waals surface area contributed by atoms with Gasteiger partial charge in [0.25, 0.3) is 5.91 Å². The van der Waals surface area contributed by atoms with Gasteiger partial charge in [0.05, 0.1) is 26.9 Å². The fraction of sp³-hybridized carbons (Fsp3) is 0.222. The molecule has 0 aliphatic carbocycles. The van der Waals surface area contributed by atoms with Crippen LogP contribution in [-0.4, -0.2) is 42.9 Å². The van der Waals surface area contributed by atoms with Crippen molar-refractivity contribution in [2.75, 3.05) is 20.8 Å². The van der Waals surface area contributed by atoms with Crippen LogP contribution in [-0.2, 0) is 6.42 Å². The Hall–Kier alpha value is -3.77. The quantitative estimate of drug-likeness (QED) is 0.374. The number of aliphatic hydroxyl groups is 1. The Morgan fingerprint density at radius 3 is 2.61 bits per heavy atom. The highest BCUT2D eigenvalue weighted by molar-refractivity contribution is 5.96. The number of hydrogen-bond donors (Lipinski definition) is 3. The van der Waals surface area contributed by atoms with E-state index in [4.69, 9.17) is 9.47 Å². The van der Waals surface area contributed by atoms with Gasteiger partial charge >= 0.3 is 0 Å². The van der Waals surface area contributed by atoms with Gasteiger partial charge in [-0.05, 0) is 60.4 Å². The molecule has 6 heteroatoms. The topological polar surface area (TPSA) is 83.6 Å². The number of benzene rings is 3. The molecule has 1 amide bonds. The molecule has 1 heterocycles. The molecule has 0 fully saturated rings. The number of ether oxygens (including phenoxy) is 2. The molecule has 0 radical (unpaired) electrons. The van der Waals surface area contributed by atoms with Crippen LogP contribution >= 0.6 is 0 Å². The van der Waals surface area contributed by atoms with Crippen molar-refractivity contribution < 1.29 is 19.4 Å². The number of hydrogen-bond acceptors (Lipinski definition) is 4. The van der Waals surface area contributed by atoms with Crippen LogP contribution in [0.4, 0.5) is 0 Å². The molecular weight excluding hydrogens is 416 g/mol. The van der Waals surface area contributed by atoms with Crippen LogP contribution < -0.4 is 14.8 Å². The van der Waals surface area contributed by atoms with E-state index in [0.29, 0.717) is 12.0 Å². The number of fused-ring (bicyclic) bond motifs is 1. The van der Waals surface area contributed by atoms with Gasteiger partial charge in [-0.15, -0.1) is 0 Å². The Morgan fingerprint density at radius 1 is 1.06 bits per heavy atom. The summed E-state index contributed by atoms with van der Waals surface area (Å²) < 4.78 is 10.8. The van der Waals surface area contributed by atoms with E-state index in [1.54, 1.807) is 20.3 Å². The third-order valence-electron chi connectivity index (χ3n) is 5.89. The number of aryl methyl sites for hydroxylation is 1. The smallest absolute Gasteiger partial charge is 0.251 e. The lowest BCUT2D eigenvalue weighted by atomic mass is 9.98. The number of H-pyrrole nitrogens is 1. The predicted octanol–water partition coefficient (Wildman–Crippen LogP) is 4.49. The lowest BCUT2D eigenvalue weighted by molar-refractivity contribution is 0.0916. The molecule has 0 unspecified atom stereocenters. The molecular formula is C27H28N2O4. The minimum Gasteiger partial charge on any atom is -0.497 e. The molecule has 0 bridgehead atoms. The third kappa shape index (κ3) is 4.71. The van der Waals surface area contributed by atoms with E-state index in [1.807, 2.05) is 67.7 Å². The highest BCUT2D eigenvalue weighted by Gasteiger charge is 2.18. The number of methoxy groups -OCH3 is 2. The van der Waals surface area contributed by atoms with Gasteiger partial charge in [0, 0.05) is 28.2 Å². The van der Waals surface area contributed by atoms with Crippen LogP contribution in [0.5, 0.6) is 11.5 Å². The molecule has 0 saturated carbocycles. The number of amides is 1. The molecule has 4 rings (SSSR count). The highest BCUT2D eigenvalue weighted by atomic mass is 16.5. The first-order valence-electron chi connectivity index (χ1n) is 10.8. The summed E-state index contributed by atoms with van der Waals surface area (Å²) in [6, 6.07) is 18.9. The number of aromatic nitrogens is 1. The molecule has 33 heavy (non-hydrogen) atoms. The highest BCUT2D eigenvalue weighted by Crippen LogP contribution is 2.34. The Balaban J connectivity index is 1.54. The fourth-order valence-corrected chi connectivity index (χ4v) is 4.12. The summed E-state index contributed by atoms with van der Waals surface area (Å²) in [6.07, 6.45) is 2.46. The van der Waals surface area contributed by atoms with E-state index in [0.717, 1.165) is 44.7 Å². The number of para-hydroxylation sites is 1. The Labute approximate surface area is 193 Å². The second-order valence-electron chi connectivity index (χ2n) is 8.01. The van der Waals surface area contributed by atoms with E-state index >= 15 is 0 Å². The maximum atomic E-state index is 13.0. The number of rotatable bonds is 8. The van der Waals surface area contributed by atoms with Crippen molar-refractivity contribution in [2.45, 2.75) is 19.4 Å². The van der Waals surface area contributed by atoms with E-state index in [1.165, 1.54) is 0 Å². The lowest BCUT2D eigenvalue weighted by Gasteiger charge is -2.18. The van der Waals surface area contributed by atoms with E-state index in [-0.39, 0.29) is 12.5 Å². The van der Waals surface area contributed by atoms with E-state index in [9.17, 15) is 9.90 Å². The zero-order chi connectivity index (χ0) is 23.4. The molecule has 170 valence electrons. The average Bonchev–Trinajstić information content (AvgIpc) is 3.25. The van der Waals surface area contributed by atoms with Crippen molar-refractivity contribution in [1.82, 2.24) is 10.3 Å². The molecule has 0 aliphatic heterocycles. The SMILES string of the molecule is COc1ccc(OC)c(-c2ccc(C(=O)N[C@@H](CO)Cc3c[nH]c4ccccc34)c(C)c2)c1. The van der Waals surface area contributed by atoms with Crippen LogP contribution in [0.3, 0.4) is 0 Å². The van der Waals surface area contributed by atoms with Crippen molar-refractivity contribution >= 4 is 16.8 Å². The second kappa shape index (κ2) is 9.79. The lowest BCUT2D eigenvalue weighted by Crippen LogP contribution is -2.39. The van der Waals surface area contributed by atoms with E-state index < -0.39 is 6.04 Å². The van der Waals surface area contributed by atoms with Gasteiger partial charge < -0.3 is 24.9 Å².